The molecule has 0 radical (unpaired) electrons. The summed E-state index contributed by atoms with van der Waals surface area (Å²) in [4.78, 5) is 38.1. The Balaban J connectivity index is 1.79. The monoisotopic (exact) mass is 415 g/mol. The van der Waals surface area contributed by atoms with Gasteiger partial charge in [0.05, 0.1) is 23.3 Å². The van der Waals surface area contributed by atoms with Crippen LogP contribution in [0.15, 0.2) is 84.6 Å². The first-order valence-corrected chi connectivity index (χ1v) is 9.33. The number of nitro groups is 1. The molecule has 3 aromatic rings. The topological polar surface area (TPSA) is 102 Å². The average Bonchev–Trinajstić information content (AvgIpc) is 3.04. The number of carbonyl (C=O) groups is 2. The Bertz CT molecular complexity index is 1190. The average molecular weight is 415 g/mol. The number of nitro benzene ring substituents is 1. The molecule has 1 heterocycles. The van der Waals surface area contributed by atoms with E-state index < -0.39 is 16.7 Å². The van der Waals surface area contributed by atoms with Crippen LogP contribution in [0.25, 0.3) is 5.57 Å². The molecule has 0 unspecified atom stereocenters. The minimum Gasteiger partial charge on any atom is -0.497 e. The van der Waals surface area contributed by atoms with Crippen molar-refractivity contribution < 1.29 is 19.2 Å². The number of rotatable bonds is 6. The number of ether oxygens (including phenoxy) is 1. The summed E-state index contributed by atoms with van der Waals surface area (Å²) < 4.78 is 5.15. The molecular formula is C23H17N3O5. The van der Waals surface area contributed by atoms with Gasteiger partial charge >= 0.3 is 0 Å². The normalized spacial score (nSPS) is 13.5. The number of nitrogens with zero attached hydrogens (tertiary/aromatic N) is 2. The van der Waals surface area contributed by atoms with Gasteiger partial charge in [-0.25, -0.2) is 4.90 Å². The Hall–Kier alpha value is -4.46. The van der Waals surface area contributed by atoms with Crippen molar-refractivity contribution >= 4 is 34.4 Å². The van der Waals surface area contributed by atoms with Gasteiger partial charge in [0.25, 0.3) is 17.5 Å². The number of para-hydroxylation sites is 1. The lowest BCUT2D eigenvalue weighted by molar-refractivity contribution is -0.384. The summed E-state index contributed by atoms with van der Waals surface area (Å²) in [5.74, 6) is -0.378. The number of nitrogens with one attached hydrogen (secondary N) is 1. The van der Waals surface area contributed by atoms with Crippen LogP contribution in [0.4, 0.5) is 17.1 Å². The molecular weight excluding hydrogens is 398 g/mol. The number of benzene rings is 3. The highest BCUT2D eigenvalue weighted by Crippen LogP contribution is 2.34. The van der Waals surface area contributed by atoms with E-state index in [4.69, 9.17) is 4.74 Å². The fourth-order valence-corrected chi connectivity index (χ4v) is 3.29. The second-order valence-electron chi connectivity index (χ2n) is 6.69. The van der Waals surface area contributed by atoms with E-state index in [1.165, 1.54) is 24.3 Å². The fourth-order valence-electron chi connectivity index (χ4n) is 3.29. The zero-order chi connectivity index (χ0) is 22.0. The van der Waals surface area contributed by atoms with Crippen molar-refractivity contribution in [1.29, 1.82) is 0 Å². The highest BCUT2D eigenvalue weighted by atomic mass is 16.6. The fraction of sp³-hybridized carbons (Fsp3) is 0.0435. The lowest BCUT2D eigenvalue weighted by Crippen LogP contribution is -2.32. The molecule has 0 saturated carbocycles. The van der Waals surface area contributed by atoms with Crippen LogP contribution in [0.5, 0.6) is 5.75 Å². The van der Waals surface area contributed by atoms with E-state index in [9.17, 15) is 19.7 Å². The first-order chi connectivity index (χ1) is 15.0. The predicted octanol–water partition coefficient (Wildman–Crippen LogP) is 4.00. The van der Waals surface area contributed by atoms with Crippen LogP contribution >= 0.6 is 0 Å². The maximum Gasteiger partial charge on any atom is 0.282 e. The van der Waals surface area contributed by atoms with Crippen LogP contribution in [0.2, 0.25) is 0 Å². The lowest BCUT2D eigenvalue weighted by Gasteiger charge is -2.15. The molecule has 1 N–H and O–H groups in total. The summed E-state index contributed by atoms with van der Waals surface area (Å²) >= 11 is 0. The Morgan fingerprint density at radius 3 is 2.10 bits per heavy atom. The summed E-state index contributed by atoms with van der Waals surface area (Å²) in [5.41, 5.74) is 1.55. The van der Waals surface area contributed by atoms with Crippen molar-refractivity contribution in [3.05, 3.63) is 100 Å². The molecule has 0 aromatic heterocycles. The summed E-state index contributed by atoms with van der Waals surface area (Å²) in [6.45, 7) is 0. The van der Waals surface area contributed by atoms with E-state index in [1.54, 1.807) is 61.7 Å². The van der Waals surface area contributed by atoms with Gasteiger partial charge in [-0.05, 0) is 54.1 Å². The van der Waals surface area contributed by atoms with Gasteiger partial charge in [0.2, 0.25) is 0 Å². The molecule has 8 nitrogen and oxygen atoms in total. The molecule has 1 aliphatic heterocycles. The minimum absolute atomic E-state index is 0.0906. The number of carbonyl (C=O) groups excluding carboxylic acids is 2. The predicted molar refractivity (Wildman–Crippen MR) is 116 cm³/mol. The number of amides is 2. The summed E-state index contributed by atoms with van der Waals surface area (Å²) in [5, 5.41) is 14.0. The third kappa shape index (κ3) is 3.74. The van der Waals surface area contributed by atoms with Crippen molar-refractivity contribution in [2.45, 2.75) is 0 Å². The maximum atomic E-state index is 13.3. The molecule has 0 spiro atoms. The van der Waals surface area contributed by atoms with Gasteiger partial charge in [-0.3, -0.25) is 19.7 Å². The molecule has 8 heteroatoms. The van der Waals surface area contributed by atoms with Crippen molar-refractivity contribution in [2.75, 3.05) is 17.3 Å². The van der Waals surface area contributed by atoms with E-state index in [2.05, 4.69) is 5.32 Å². The molecule has 2 amide bonds. The molecule has 0 saturated heterocycles. The Kier molecular flexibility index (Phi) is 5.19. The molecule has 0 bridgehead atoms. The van der Waals surface area contributed by atoms with Crippen LogP contribution < -0.4 is 15.0 Å². The van der Waals surface area contributed by atoms with E-state index >= 15 is 0 Å². The van der Waals surface area contributed by atoms with Crippen LogP contribution in [-0.2, 0) is 9.59 Å². The molecule has 0 aliphatic carbocycles. The van der Waals surface area contributed by atoms with E-state index in [-0.39, 0.29) is 17.0 Å². The summed E-state index contributed by atoms with van der Waals surface area (Å²) in [7, 11) is 1.55. The van der Waals surface area contributed by atoms with Gasteiger partial charge in [-0.1, -0.05) is 18.2 Å². The summed E-state index contributed by atoms with van der Waals surface area (Å²) in [6.07, 6.45) is 0. The molecule has 3 aromatic carbocycles. The van der Waals surface area contributed by atoms with Gasteiger partial charge in [0.1, 0.15) is 11.4 Å². The molecule has 154 valence electrons. The highest BCUT2D eigenvalue weighted by molar-refractivity contribution is 6.46. The molecule has 4 rings (SSSR count). The second-order valence-corrected chi connectivity index (χ2v) is 6.69. The smallest absolute Gasteiger partial charge is 0.282 e. The van der Waals surface area contributed by atoms with E-state index in [1.807, 2.05) is 0 Å². The zero-order valence-electron chi connectivity index (χ0n) is 16.4. The van der Waals surface area contributed by atoms with Crippen LogP contribution in [-0.4, -0.2) is 23.8 Å². The quantitative estimate of drug-likeness (QED) is 0.371. The number of anilines is 2. The zero-order valence-corrected chi connectivity index (χ0v) is 16.4. The SMILES string of the molecule is COc1ccc(NC2=C(c3ccc([N+](=O)[O-])cc3)C(=O)N(c3ccccc3)C2=O)cc1. The first kappa shape index (κ1) is 19.8. The van der Waals surface area contributed by atoms with E-state index in [0.717, 1.165) is 4.90 Å². The van der Waals surface area contributed by atoms with Crippen molar-refractivity contribution in [3.8, 4) is 5.75 Å². The second kappa shape index (κ2) is 8.11. The highest BCUT2D eigenvalue weighted by Gasteiger charge is 2.40. The molecule has 0 fully saturated rings. The lowest BCUT2D eigenvalue weighted by atomic mass is 10.0. The Morgan fingerprint density at radius 1 is 0.871 bits per heavy atom. The van der Waals surface area contributed by atoms with Crippen molar-refractivity contribution in [3.63, 3.8) is 0 Å². The van der Waals surface area contributed by atoms with Gasteiger partial charge in [0.15, 0.2) is 0 Å². The van der Waals surface area contributed by atoms with Crippen molar-refractivity contribution in [2.24, 2.45) is 0 Å². The maximum absolute atomic E-state index is 13.3. The Labute approximate surface area is 177 Å². The van der Waals surface area contributed by atoms with E-state index in [0.29, 0.717) is 22.7 Å². The third-order valence-corrected chi connectivity index (χ3v) is 4.82. The van der Waals surface area contributed by atoms with Crippen molar-refractivity contribution in [1.82, 2.24) is 0 Å². The number of hydrogen-bond acceptors (Lipinski definition) is 6. The Morgan fingerprint density at radius 2 is 1.52 bits per heavy atom. The van der Waals surface area contributed by atoms with Crippen LogP contribution in [0.1, 0.15) is 5.56 Å². The number of imide groups is 1. The van der Waals surface area contributed by atoms with Gasteiger partial charge < -0.3 is 10.1 Å². The first-order valence-electron chi connectivity index (χ1n) is 9.33. The number of non-ortho nitro benzene ring substituents is 1. The van der Waals surface area contributed by atoms with Gasteiger partial charge in [0, 0.05) is 17.8 Å². The van der Waals surface area contributed by atoms with Gasteiger partial charge in [-0.15, -0.1) is 0 Å². The molecule has 0 atom stereocenters. The number of hydrogen-bond donors (Lipinski definition) is 1. The third-order valence-electron chi connectivity index (χ3n) is 4.82. The standard InChI is InChI=1S/C23H17N3O5/c1-31-19-13-9-16(10-14-19)24-21-20(15-7-11-18(12-8-15)26(29)30)22(27)25(23(21)28)17-5-3-2-4-6-17/h2-14,24H,1H3. The summed E-state index contributed by atoms with van der Waals surface area (Å²) in [6, 6.07) is 21.0. The number of methoxy groups -OCH3 is 1. The largest absolute Gasteiger partial charge is 0.497 e. The van der Waals surface area contributed by atoms with Gasteiger partial charge in [-0.2, -0.15) is 0 Å². The molecule has 31 heavy (non-hydrogen) atoms. The molecule has 1 aliphatic rings. The van der Waals surface area contributed by atoms with Crippen LogP contribution in [0, 0.1) is 10.1 Å². The van der Waals surface area contributed by atoms with Crippen LogP contribution in [0.3, 0.4) is 0 Å². The minimum atomic E-state index is -0.521.